The molecule has 0 N–H and O–H groups in total. The zero-order valence-electron chi connectivity index (χ0n) is 8.90. The molecule has 0 saturated carbocycles. The molecule has 1 atom stereocenters. The molecule has 15 heavy (non-hydrogen) atoms. The average Bonchev–Trinajstić information content (AvgIpc) is 2.12. The molecular weight excluding hydrogens is 215 g/mol. The van der Waals surface area contributed by atoms with Gasteiger partial charge in [-0.2, -0.15) is 8.42 Å². The van der Waals surface area contributed by atoms with Crippen molar-refractivity contribution in [3.05, 3.63) is 35.4 Å². The van der Waals surface area contributed by atoms with Gasteiger partial charge >= 0.3 is 10.2 Å². The summed E-state index contributed by atoms with van der Waals surface area (Å²) in [4.78, 5) is 0. The summed E-state index contributed by atoms with van der Waals surface area (Å²) in [5, 5.41) is -0.919. The minimum absolute atomic E-state index is 0.322. The molecule has 0 heterocycles. The Bertz CT molecular complexity index is 426. The predicted octanol–water partition coefficient (Wildman–Crippen LogP) is 2.62. The molecular formula is C11H15FO2S. The van der Waals surface area contributed by atoms with E-state index in [4.69, 9.17) is 0 Å². The molecule has 0 fully saturated rings. The van der Waals surface area contributed by atoms with E-state index in [2.05, 4.69) is 0 Å². The molecule has 0 amide bonds. The second kappa shape index (κ2) is 4.75. The van der Waals surface area contributed by atoms with Crippen molar-refractivity contribution < 1.29 is 12.3 Å². The van der Waals surface area contributed by atoms with Crippen LogP contribution in [0.5, 0.6) is 0 Å². The van der Waals surface area contributed by atoms with Gasteiger partial charge in [0.2, 0.25) is 0 Å². The summed E-state index contributed by atoms with van der Waals surface area (Å²) in [5.41, 5.74) is 2.17. The maximum Gasteiger partial charge on any atom is 0.305 e. The molecule has 2 nitrogen and oxygen atoms in total. The molecule has 0 radical (unpaired) electrons. The first-order valence-corrected chi connectivity index (χ1v) is 6.33. The number of benzene rings is 1. The van der Waals surface area contributed by atoms with Gasteiger partial charge in [-0.3, -0.25) is 0 Å². The SMILES string of the molecule is Cc1cccc(CCC(C)S(=O)(=O)F)c1. The van der Waals surface area contributed by atoms with Crippen molar-refractivity contribution in [2.24, 2.45) is 0 Å². The Morgan fingerprint density at radius 1 is 1.40 bits per heavy atom. The van der Waals surface area contributed by atoms with E-state index in [-0.39, 0.29) is 0 Å². The van der Waals surface area contributed by atoms with Gasteiger partial charge in [0.1, 0.15) is 0 Å². The van der Waals surface area contributed by atoms with E-state index < -0.39 is 15.5 Å². The Kier molecular flexibility index (Phi) is 3.85. The zero-order valence-corrected chi connectivity index (χ0v) is 9.72. The summed E-state index contributed by atoms with van der Waals surface area (Å²) >= 11 is 0. The first kappa shape index (κ1) is 12.2. The number of aryl methyl sites for hydroxylation is 2. The lowest BCUT2D eigenvalue weighted by Crippen LogP contribution is -2.13. The van der Waals surface area contributed by atoms with Gasteiger partial charge in [-0.1, -0.05) is 29.8 Å². The van der Waals surface area contributed by atoms with E-state index in [1.807, 2.05) is 31.2 Å². The van der Waals surface area contributed by atoms with Crippen molar-refractivity contribution in [1.82, 2.24) is 0 Å². The van der Waals surface area contributed by atoms with Crippen LogP contribution < -0.4 is 0 Å². The van der Waals surface area contributed by atoms with E-state index in [0.29, 0.717) is 12.8 Å². The maximum atomic E-state index is 12.5. The summed E-state index contributed by atoms with van der Waals surface area (Å²) in [6.45, 7) is 3.37. The molecule has 0 aliphatic rings. The second-order valence-corrected chi connectivity index (χ2v) is 5.57. The number of rotatable bonds is 4. The Morgan fingerprint density at radius 2 is 2.07 bits per heavy atom. The van der Waals surface area contributed by atoms with E-state index in [1.165, 1.54) is 6.92 Å². The molecule has 1 aromatic rings. The average molecular weight is 230 g/mol. The van der Waals surface area contributed by atoms with E-state index in [9.17, 15) is 12.3 Å². The highest BCUT2D eigenvalue weighted by Gasteiger charge is 2.18. The van der Waals surface area contributed by atoms with Crippen molar-refractivity contribution in [1.29, 1.82) is 0 Å². The highest BCUT2D eigenvalue weighted by Crippen LogP contribution is 2.13. The van der Waals surface area contributed by atoms with Crippen LogP contribution in [0.4, 0.5) is 3.89 Å². The molecule has 0 saturated heterocycles. The van der Waals surface area contributed by atoms with Gasteiger partial charge < -0.3 is 0 Å². The monoisotopic (exact) mass is 230 g/mol. The first-order valence-electron chi connectivity index (χ1n) is 4.88. The van der Waals surface area contributed by atoms with Crippen LogP contribution in [-0.2, 0) is 16.6 Å². The topological polar surface area (TPSA) is 34.1 Å². The Morgan fingerprint density at radius 3 is 2.60 bits per heavy atom. The van der Waals surface area contributed by atoms with Gasteiger partial charge in [0, 0.05) is 0 Å². The highest BCUT2D eigenvalue weighted by molar-refractivity contribution is 7.86. The van der Waals surface area contributed by atoms with Crippen LogP contribution in [0.1, 0.15) is 24.5 Å². The summed E-state index contributed by atoms with van der Waals surface area (Å²) in [7, 11) is -4.38. The van der Waals surface area contributed by atoms with Gasteiger partial charge in [0.25, 0.3) is 0 Å². The molecule has 1 rings (SSSR count). The fourth-order valence-electron chi connectivity index (χ4n) is 1.38. The molecule has 0 bridgehead atoms. The van der Waals surface area contributed by atoms with Gasteiger partial charge in [0.15, 0.2) is 0 Å². The second-order valence-electron chi connectivity index (χ2n) is 3.81. The Hall–Kier alpha value is -0.900. The van der Waals surface area contributed by atoms with Crippen molar-refractivity contribution in [2.75, 3.05) is 0 Å². The number of halogens is 1. The first-order chi connectivity index (χ1) is 6.89. The molecule has 1 unspecified atom stereocenters. The lowest BCUT2D eigenvalue weighted by atomic mass is 10.1. The zero-order chi connectivity index (χ0) is 11.5. The van der Waals surface area contributed by atoms with Crippen LogP contribution in [0.2, 0.25) is 0 Å². The third kappa shape index (κ3) is 4.00. The van der Waals surface area contributed by atoms with Gasteiger partial charge in [-0.15, -0.1) is 3.89 Å². The molecule has 84 valence electrons. The van der Waals surface area contributed by atoms with Gasteiger partial charge in [-0.25, -0.2) is 0 Å². The molecule has 0 aliphatic carbocycles. The van der Waals surface area contributed by atoms with Crippen molar-refractivity contribution in [3.63, 3.8) is 0 Å². The van der Waals surface area contributed by atoms with Crippen LogP contribution in [0.3, 0.4) is 0 Å². The summed E-state index contributed by atoms with van der Waals surface area (Å²) in [6.07, 6.45) is 0.911. The minimum Gasteiger partial charge on any atom is -0.195 e. The van der Waals surface area contributed by atoms with Crippen molar-refractivity contribution in [2.45, 2.75) is 31.9 Å². The largest absolute Gasteiger partial charge is 0.305 e. The van der Waals surface area contributed by atoms with E-state index in [1.54, 1.807) is 0 Å². The molecule has 0 spiro atoms. The third-order valence-corrected chi connectivity index (χ3v) is 3.60. The van der Waals surface area contributed by atoms with Crippen LogP contribution in [-0.4, -0.2) is 13.7 Å². The van der Waals surface area contributed by atoms with Crippen molar-refractivity contribution in [3.8, 4) is 0 Å². The summed E-state index contributed by atoms with van der Waals surface area (Å²) < 4.78 is 33.6. The molecule has 1 aromatic carbocycles. The normalized spacial score (nSPS) is 13.8. The third-order valence-electron chi connectivity index (χ3n) is 2.40. The quantitative estimate of drug-likeness (QED) is 0.745. The summed E-state index contributed by atoms with van der Waals surface area (Å²) in [6, 6.07) is 7.79. The Labute approximate surface area is 90.3 Å². The highest BCUT2D eigenvalue weighted by atomic mass is 32.3. The fraction of sp³-hybridized carbons (Fsp3) is 0.455. The predicted molar refractivity (Wildman–Crippen MR) is 59.0 cm³/mol. The Balaban J connectivity index is 2.58. The van der Waals surface area contributed by atoms with Crippen molar-refractivity contribution >= 4 is 10.2 Å². The smallest absolute Gasteiger partial charge is 0.195 e. The van der Waals surface area contributed by atoms with E-state index in [0.717, 1.165) is 11.1 Å². The fourth-order valence-corrected chi connectivity index (χ4v) is 1.78. The van der Waals surface area contributed by atoms with Gasteiger partial charge in [0.05, 0.1) is 5.25 Å². The molecule has 0 aliphatic heterocycles. The van der Waals surface area contributed by atoms with Crippen LogP contribution in [0.15, 0.2) is 24.3 Å². The van der Waals surface area contributed by atoms with Crippen LogP contribution >= 0.6 is 0 Å². The maximum absolute atomic E-state index is 12.5. The summed E-state index contributed by atoms with van der Waals surface area (Å²) in [5.74, 6) is 0. The molecule has 4 heteroatoms. The minimum atomic E-state index is -4.38. The molecule has 0 aromatic heterocycles. The number of hydrogen-bond donors (Lipinski definition) is 0. The van der Waals surface area contributed by atoms with E-state index >= 15 is 0 Å². The van der Waals surface area contributed by atoms with Gasteiger partial charge in [-0.05, 0) is 32.3 Å². The standard InChI is InChI=1S/C11H15FO2S/c1-9-4-3-5-11(8-9)7-6-10(2)15(12,13)14/h3-5,8,10H,6-7H2,1-2H3. The van der Waals surface area contributed by atoms with Crippen LogP contribution in [0, 0.1) is 6.92 Å². The lowest BCUT2D eigenvalue weighted by molar-refractivity contribution is 0.532. The number of hydrogen-bond acceptors (Lipinski definition) is 2. The lowest BCUT2D eigenvalue weighted by Gasteiger charge is -2.06. The van der Waals surface area contributed by atoms with Crippen LogP contribution in [0.25, 0.3) is 0 Å².